The van der Waals surface area contributed by atoms with Crippen LogP contribution in [0.2, 0.25) is 0 Å². The van der Waals surface area contributed by atoms with Gasteiger partial charge in [0.2, 0.25) is 5.89 Å². The normalized spacial score (nSPS) is 14.3. The molecule has 2 unspecified atom stereocenters. The molecule has 1 heterocycles. The van der Waals surface area contributed by atoms with Crippen molar-refractivity contribution in [3.63, 3.8) is 0 Å². The smallest absolute Gasteiger partial charge is 0.232 e. The quantitative estimate of drug-likeness (QED) is 0.879. The third kappa shape index (κ3) is 3.58. The predicted octanol–water partition coefficient (Wildman–Crippen LogP) is 3.16. The molecule has 0 saturated carbocycles. The molecule has 1 aromatic heterocycles. The Bertz CT molecular complexity index is 501. The fourth-order valence-corrected chi connectivity index (χ4v) is 2.28. The molecule has 2 rings (SSSR count). The molecule has 0 radical (unpaired) electrons. The summed E-state index contributed by atoms with van der Waals surface area (Å²) in [6.07, 6.45) is -0.631. The molecule has 0 bridgehead atoms. The highest BCUT2D eigenvalue weighted by Crippen LogP contribution is 2.29. The lowest BCUT2D eigenvalue weighted by Crippen LogP contribution is -2.08. The van der Waals surface area contributed by atoms with Crippen LogP contribution in [0.3, 0.4) is 0 Å². The predicted molar refractivity (Wildman–Crippen MR) is 76.0 cm³/mol. The Morgan fingerprint density at radius 1 is 1.32 bits per heavy atom. The van der Waals surface area contributed by atoms with Crippen molar-refractivity contribution in [1.29, 1.82) is 0 Å². The standard InChI is InChI=1S/C14H18N2O2S/c1-3-19-9-12-15-14(18-16-12)10(2)13(17)11-7-5-4-6-8-11/h4-8,10,13,17H,3,9H2,1-2H3. The van der Waals surface area contributed by atoms with Gasteiger partial charge in [-0.25, -0.2) is 0 Å². The minimum atomic E-state index is -0.631. The summed E-state index contributed by atoms with van der Waals surface area (Å²) in [5.74, 6) is 2.73. The van der Waals surface area contributed by atoms with Gasteiger partial charge in [0.15, 0.2) is 5.82 Å². The van der Waals surface area contributed by atoms with E-state index < -0.39 is 6.10 Å². The Balaban J connectivity index is 2.06. The molecule has 0 aliphatic carbocycles. The Kier molecular flexibility index (Phi) is 4.99. The molecule has 1 N–H and O–H groups in total. The molecule has 2 aromatic rings. The van der Waals surface area contributed by atoms with E-state index in [0.717, 1.165) is 17.1 Å². The fraction of sp³-hybridized carbons (Fsp3) is 0.429. The van der Waals surface area contributed by atoms with Crippen LogP contribution in [0.15, 0.2) is 34.9 Å². The summed E-state index contributed by atoms with van der Waals surface area (Å²) in [5.41, 5.74) is 0.859. The number of benzene rings is 1. The number of nitrogens with zero attached hydrogens (tertiary/aromatic N) is 2. The van der Waals surface area contributed by atoms with Gasteiger partial charge in [0.1, 0.15) is 0 Å². The summed E-state index contributed by atoms with van der Waals surface area (Å²) in [5, 5.41) is 14.2. The van der Waals surface area contributed by atoms with Crippen LogP contribution in [0.5, 0.6) is 0 Å². The maximum Gasteiger partial charge on any atom is 0.232 e. The van der Waals surface area contributed by atoms with E-state index in [1.807, 2.05) is 37.3 Å². The van der Waals surface area contributed by atoms with Crippen molar-refractivity contribution in [2.75, 3.05) is 5.75 Å². The van der Waals surface area contributed by atoms with Crippen molar-refractivity contribution < 1.29 is 9.63 Å². The Hall–Kier alpha value is -1.33. The average Bonchev–Trinajstić information content (AvgIpc) is 2.93. The van der Waals surface area contributed by atoms with Crippen molar-refractivity contribution in [3.8, 4) is 0 Å². The van der Waals surface area contributed by atoms with E-state index in [2.05, 4.69) is 17.1 Å². The van der Waals surface area contributed by atoms with Gasteiger partial charge in [0.05, 0.1) is 17.8 Å². The van der Waals surface area contributed by atoms with Crippen LogP contribution in [0.25, 0.3) is 0 Å². The highest BCUT2D eigenvalue weighted by Gasteiger charge is 2.23. The molecule has 0 saturated heterocycles. The van der Waals surface area contributed by atoms with E-state index in [9.17, 15) is 5.11 Å². The van der Waals surface area contributed by atoms with Crippen LogP contribution < -0.4 is 0 Å². The average molecular weight is 278 g/mol. The molecule has 0 aliphatic rings. The molecular formula is C14H18N2O2S. The highest BCUT2D eigenvalue weighted by molar-refractivity contribution is 7.98. The van der Waals surface area contributed by atoms with E-state index in [1.54, 1.807) is 11.8 Å². The molecule has 0 fully saturated rings. The molecule has 2 atom stereocenters. The summed E-state index contributed by atoms with van der Waals surface area (Å²) in [4.78, 5) is 4.34. The second kappa shape index (κ2) is 6.73. The molecule has 102 valence electrons. The summed E-state index contributed by atoms with van der Waals surface area (Å²) in [7, 11) is 0. The van der Waals surface area contributed by atoms with Crippen molar-refractivity contribution in [2.24, 2.45) is 0 Å². The van der Waals surface area contributed by atoms with Crippen LogP contribution in [-0.4, -0.2) is 21.0 Å². The third-order valence-corrected chi connectivity index (χ3v) is 3.79. The van der Waals surface area contributed by atoms with Crippen molar-refractivity contribution >= 4 is 11.8 Å². The number of hydrogen-bond acceptors (Lipinski definition) is 5. The summed E-state index contributed by atoms with van der Waals surface area (Å²) in [6.45, 7) is 3.98. The minimum Gasteiger partial charge on any atom is -0.388 e. The molecule has 0 spiro atoms. The molecule has 5 heteroatoms. The summed E-state index contributed by atoms with van der Waals surface area (Å²) >= 11 is 1.74. The Morgan fingerprint density at radius 2 is 2.05 bits per heavy atom. The number of rotatable bonds is 6. The Labute approximate surface area is 117 Å². The summed E-state index contributed by atoms with van der Waals surface area (Å²) in [6, 6.07) is 9.52. The van der Waals surface area contributed by atoms with Crippen LogP contribution >= 0.6 is 11.8 Å². The van der Waals surface area contributed by atoms with E-state index in [4.69, 9.17) is 4.52 Å². The first-order valence-electron chi connectivity index (χ1n) is 6.35. The van der Waals surface area contributed by atoms with Gasteiger partial charge in [-0.15, -0.1) is 0 Å². The van der Waals surface area contributed by atoms with E-state index >= 15 is 0 Å². The first-order valence-corrected chi connectivity index (χ1v) is 7.51. The maximum absolute atomic E-state index is 10.3. The number of aliphatic hydroxyl groups is 1. The lowest BCUT2D eigenvalue weighted by Gasteiger charge is -2.15. The number of thioether (sulfide) groups is 1. The molecule has 4 nitrogen and oxygen atoms in total. The van der Waals surface area contributed by atoms with Crippen LogP contribution in [0.1, 0.15) is 43.1 Å². The molecule has 1 aromatic carbocycles. The lowest BCUT2D eigenvalue weighted by atomic mass is 9.97. The van der Waals surface area contributed by atoms with Gasteiger partial charge >= 0.3 is 0 Å². The number of hydrogen-bond donors (Lipinski definition) is 1. The monoisotopic (exact) mass is 278 g/mol. The van der Waals surface area contributed by atoms with Crippen LogP contribution in [0, 0.1) is 0 Å². The Morgan fingerprint density at radius 3 is 2.74 bits per heavy atom. The van der Waals surface area contributed by atoms with Crippen LogP contribution in [-0.2, 0) is 5.75 Å². The third-order valence-electron chi connectivity index (χ3n) is 2.92. The van der Waals surface area contributed by atoms with Gasteiger partial charge in [-0.2, -0.15) is 16.7 Å². The van der Waals surface area contributed by atoms with Crippen molar-refractivity contribution in [1.82, 2.24) is 10.1 Å². The zero-order valence-corrected chi connectivity index (χ0v) is 11.9. The molecule has 19 heavy (non-hydrogen) atoms. The second-order valence-corrected chi connectivity index (χ2v) is 5.60. The topological polar surface area (TPSA) is 59.2 Å². The fourth-order valence-electron chi connectivity index (χ4n) is 1.78. The van der Waals surface area contributed by atoms with Gasteiger partial charge in [-0.1, -0.05) is 49.3 Å². The first-order chi connectivity index (χ1) is 9.22. The van der Waals surface area contributed by atoms with Gasteiger partial charge in [0, 0.05) is 0 Å². The first kappa shape index (κ1) is 14.1. The minimum absolute atomic E-state index is 0.213. The largest absolute Gasteiger partial charge is 0.388 e. The zero-order valence-electron chi connectivity index (χ0n) is 11.1. The molecule has 0 aliphatic heterocycles. The van der Waals surface area contributed by atoms with E-state index in [-0.39, 0.29) is 5.92 Å². The van der Waals surface area contributed by atoms with Gasteiger partial charge in [-0.05, 0) is 11.3 Å². The summed E-state index contributed by atoms with van der Waals surface area (Å²) < 4.78 is 5.23. The SMILES string of the molecule is CCSCc1noc(C(C)C(O)c2ccccc2)n1. The van der Waals surface area contributed by atoms with Gasteiger partial charge < -0.3 is 9.63 Å². The van der Waals surface area contributed by atoms with E-state index in [1.165, 1.54) is 0 Å². The van der Waals surface area contributed by atoms with Crippen molar-refractivity contribution in [3.05, 3.63) is 47.6 Å². The highest BCUT2D eigenvalue weighted by atomic mass is 32.2. The van der Waals surface area contributed by atoms with Gasteiger partial charge in [0.25, 0.3) is 0 Å². The van der Waals surface area contributed by atoms with E-state index in [0.29, 0.717) is 11.7 Å². The number of aromatic nitrogens is 2. The maximum atomic E-state index is 10.3. The second-order valence-electron chi connectivity index (χ2n) is 4.33. The molecule has 0 amide bonds. The number of aliphatic hydroxyl groups excluding tert-OH is 1. The lowest BCUT2D eigenvalue weighted by molar-refractivity contribution is 0.135. The van der Waals surface area contributed by atoms with Gasteiger partial charge in [-0.3, -0.25) is 0 Å². The zero-order chi connectivity index (χ0) is 13.7. The van der Waals surface area contributed by atoms with Crippen molar-refractivity contribution in [2.45, 2.75) is 31.6 Å². The van der Waals surface area contributed by atoms with Crippen LogP contribution in [0.4, 0.5) is 0 Å². The molecular weight excluding hydrogens is 260 g/mol.